The summed E-state index contributed by atoms with van der Waals surface area (Å²) in [5.41, 5.74) is 2.18. The number of hydrogen-bond donors (Lipinski definition) is 3. The smallest absolute Gasteiger partial charge is 0.191 e. The van der Waals surface area contributed by atoms with Crippen LogP contribution in [0.3, 0.4) is 0 Å². The lowest BCUT2D eigenvalue weighted by Gasteiger charge is -2.37. The number of hydrogen-bond acceptors (Lipinski definition) is 3. The van der Waals surface area contributed by atoms with Crippen LogP contribution in [-0.2, 0) is 6.54 Å². The van der Waals surface area contributed by atoms with E-state index in [1.54, 1.807) is 0 Å². The number of aliphatic hydroxyl groups excluding tert-OH is 1. The van der Waals surface area contributed by atoms with Crippen LogP contribution in [0.15, 0.2) is 11.1 Å². The predicted molar refractivity (Wildman–Crippen MR) is 118 cm³/mol. The molecule has 7 heteroatoms. The highest BCUT2D eigenvalue weighted by molar-refractivity contribution is 14.0. The molecule has 1 aliphatic carbocycles. The number of guanidine groups is 1. The van der Waals surface area contributed by atoms with Crippen molar-refractivity contribution in [1.82, 2.24) is 20.4 Å². The van der Waals surface area contributed by atoms with Crippen molar-refractivity contribution in [2.45, 2.75) is 72.4 Å². The largest absolute Gasteiger partial charge is 0.392 e. The van der Waals surface area contributed by atoms with E-state index in [0.717, 1.165) is 57.0 Å². The molecule has 150 valence electrons. The molecule has 2 atom stereocenters. The van der Waals surface area contributed by atoms with Gasteiger partial charge in [0.05, 0.1) is 18.3 Å². The molecule has 0 aliphatic heterocycles. The monoisotopic (exact) mass is 477 g/mol. The van der Waals surface area contributed by atoms with Crippen molar-refractivity contribution in [2.24, 2.45) is 10.4 Å². The van der Waals surface area contributed by atoms with Crippen LogP contribution in [-0.4, -0.2) is 46.6 Å². The Bertz CT molecular complexity index is 574. The molecule has 2 unspecified atom stereocenters. The van der Waals surface area contributed by atoms with Gasteiger partial charge in [0.25, 0.3) is 0 Å². The Labute approximate surface area is 175 Å². The fourth-order valence-corrected chi connectivity index (χ4v) is 3.50. The van der Waals surface area contributed by atoms with Crippen LogP contribution in [0.2, 0.25) is 0 Å². The molecule has 0 aromatic carbocycles. The third kappa shape index (κ3) is 6.72. The van der Waals surface area contributed by atoms with Crippen LogP contribution in [0.1, 0.15) is 57.3 Å². The maximum absolute atomic E-state index is 10.3. The lowest BCUT2D eigenvalue weighted by molar-refractivity contribution is 0.00716. The van der Waals surface area contributed by atoms with E-state index >= 15 is 0 Å². The van der Waals surface area contributed by atoms with Crippen molar-refractivity contribution < 1.29 is 5.11 Å². The molecule has 2 rings (SSSR count). The van der Waals surface area contributed by atoms with Crippen LogP contribution < -0.4 is 10.6 Å². The topological polar surface area (TPSA) is 74.5 Å². The molecule has 1 heterocycles. The first-order valence-corrected chi connectivity index (χ1v) is 9.66. The van der Waals surface area contributed by atoms with Gasteiger partial charge >= 0.3 is 0 Å². The average Bonchev–Trinajstić information content (AvgIpc) is 2.90. The number of nitrogens with zero attached hydrogens (tertiary/aromatic N) is 3. The molecular weight excluding hydrogens is 441 g/mol. The SMILES string of the molecule is CCNC(=NCC1(C)CCCCC1O)NCCCn1nc(C)cc1C.I. The minimum absolute atomic E-state index is 0. The lowest BCUT2D eigenvalue weighted by atomic mass is 9.73. The average molecular weight is 477 g/mol. The Kier molecular flexibility index (Phi) is 9.92. The number of aliphatic imine (C=N–C) groups is 1. The molecular formula is C19H36IN5O. The Hall–Kier alpha value is -0.830. The van der Waals surface area contributed by atoms with E-state index in [0.29, 0.717) is 6.54 Å². The molecule has 0 spiro atoms. The molecule has 1 saturated carbocycles. The van der Waals surface area contributed by atoms with E-state index in [2.05, 4.69) is 47.3 Å². The van der Waals surface area contributed by atoms with Gasteiger partial charge in [0, 0.05) is 30.7 Å². The molecule has 0 bridgehead atoms. The summed E-state index contributed by atoms with van der Waals surface area (Å²) in [4.78, 5) is 4.74. The first-order valence-electron chi connectivity index (χ1n) is 9.66. The highest BCUT2D eigenvalue weighted by Crippen LogP contribution is 2.36. The summed E-state index contributed by atoms with van der Waals surface area (Å²) >= 11 is 0. The van der Waals surface area contributed by atoms with E-state index in [-0.39, 0.29) is 35.5 Å². The number of rotatable bonds is 7. The Morgan fingerprint density at radius 2 is 2.15 bits per heavy atom. The van der Waals surface area contributed by atoms with Crippen LogP contribution in [0, 0.1) is 19.3 Å². The van der Waals surface area contributed by atoms with E-state index in [1.807, 2.05) is 6.92 Å². The number of aryl methyl sites for hydroxylation is 3. The van der Waals surface area contributed by atoms with Gasteiger partial charge < -0.3 is 15.7 Å². The first kappa shape index (κ1) is 23.2. The van der Waals surface area contributed by atoms with Gasteiger partial charge in [0.1, 0.15) is 0 Å². The third-order valence-corrected chi connectivity index (χ3v) is 5.17. The van der Waals surface area contributed by atoms with Crippen molar-refractivity contribution in [1.29, 1.82) is 0 Å². The Balaban J connectivity index is 0.00000338. The van der Waals surface area contributed by atoms with E-state index in [4.69, 9.17) is 4.99 Å². The van der Waals surface area contributed by atoms with Crippen LogP contribution in [0.4, 0.5) is 0 Å². The molecule has 1 aliphatic rings. The summed E-state index contributed by atoms with van der Waals surface area (Å²) in [6.07, 6.45) is 5.03. The molecule has 0 saturated heterocycles. The number of nitrogens with one attached hydrogen (secondary N) is 2. The Morgan fingerprint density at radius 1 is 1.38 bits per heavy atom. The van der Waals surface area contributed by atoms with E-state index < -0.39 is 0 Å². The van der Waals surface area contributed by atoms with E-state index in [9.17, 15) is 5.11 Å². The summed E-state index contributed by atoms with van der Waals surface area (Å²) in [7, 11) is 0. The first-order chi connectivity index (χ1) is 11.9. The van der Waals surface area contributed by atoms with Gasteiger partial charge in [-0.2, -0.15) is 5.10 Å². The molecule has 3 N–H and O–H groups in total. The second-order valence-electron chi connectivity index (χ2n) is 7.54. The molecule has 6 nitrogen and oxygen atoms in total. The van der Waals surface area contributed by atoms with Gasteiger partial charge in [0.15, 0.2) is 5.96 Å². The molecule has 0 amide bonds. The third-order valence-electron chi connectivity index (χ3n) is 5.17. The molecule has 1 aromatic rings. The lowest BCUT2D eigenvalue weighted by Crippen LogP contribution is -2.42. The highest BCUT2D eigenvalue weighted by Gasteiger charge is 2.35. The molecule has 0 radical (unpaired) electrons. The summed E-state index contributed by atoms with van der Waals surface area (Å²) in [6, 6.07) is 2.11. The molecule has 1 fully saturated rings. The van der Waals surface area contributed by atoms with Crippen molar-refractivity contribution in [3.63, 3.8) is 0 Å². The van der Waals surface area contributed by atoms with Gasteiger partial charge in [-0.15, -0.1) is 24.0 Å². The van der Waals surface area contributed by atoms with Crippen LogP contribution >= 0.6 is 24.0 Å². The summed E-state index contributed by atoms with van der Waals surface area (Å²) in [5.74, 6) is 0.842. The standard InChI is InChI=1S/C19H35N5O.HI/c1-5-20-18(22-14-19(4)10-7-6-9-17(19)25)21-11-8-12-24-16(3)13-15(2)23-24;/h13,17,25H,5-12,14H2,1-4H3,(H2,20,21,22);1H. The maximum atomic E-state index is 10.3. The zero-order valence-electron chi connectivity index (χ0n) is 16.7. The summed E-state index contributed by atoms with van der Waals surface area (Å²) < 4.78 is 2.06. The summed E-state index contributed by atoms with van der Waals surface area (Å²) in [6.45, 7) is 11.6. The Morgan fingerprint density at radius 3 is 2.77 bits per heavy atom. The molecule has 1 aromatic heterocycles. The van der Waals surface area contributed by atoms with Gasteiger partial charge in [0.2, 0.25) is 0 Å². The number of aromatic nitrogens is 2. The fourth-order valence-electron chi connectivity index (χ4n) is 3.50. The summed E-state index contributed by atoms with van der Waals surface area (Å²) in [5, 5.41) is 21.5. The van der Waals surface area contributed by atoms with Crippen molar-refractivity contribution in [3.05, 3.63) is 17.5 Å². The maximum Gasteiger partial charge on any atom is 0.191 e. The number of halogens is 1. The second kappa shape index (κ2) is 11.1. The highest BCUT2D eigenvalue weighted by atomic mass is 127. The van der Waals surface area contributed by atoms with Gasteiger partial charge in [-0.25, -0.2) is 0 Å². The van der Waals surface area contributed by atoms with Crippen molar-refractivity contribution >= 4 is 29.9 Å². The zero-order chi connectivity index (χ0) is 18.3. The second-order valence-corrected chi connectivity index (χ2v) is 7.54. The van der Waals surface area contributed by atoms with Crippen LogP contribution in [0.5, 0.6) is 0 Å². The minimum atomic E-state index is -0.237. The number of aliphatic hydroxyl groups is 1. The fraction of sp³-hybridized carbons (Fsp3) is 0.789. The molecule has 26 heavy (non-hydrogen) atoms. The van der Waals surface area contributed by atoms with Gasteiger partial charge in [-0.3, -0.25) is 9.67 Å². The van der Waals surface area contributed by atoms with E-state index in [1.165, 1.54) is 12.1 Å². The van der Waals surface area contributed by atoms with Crippen LogP contribution in [0.25, 0.3) is 0 Å². The predicted octanol–water partition coefficient (Wildman–Crippen LogP) is 3.00. The quantitative estimate of drug-likeness (QED) is 0.244. The zero-order valence-corrected chi connectivity index (χ0v) is 19.0. The van der Waals surface area contributed by atoms with Crippen molar-refractivity contribution in [3.8, 4) is 0 Å². The van der Waals surface area contributed by atoms with Crippen molar-refractivity contribution in [2.75, 3.05) is 19.6 Å². The minimum Gasteiger partial charge on any atom is -0.392 e. The van der Waals surface area contributed by atoms with Gasteiger partial charge in [-0.05, 0) is 46.1 Å². The normalized spacial score (nSPS) is 23.4. The van der Waals surface area contributed by atoms with Gasteiger partial charge in [-0.1, -0.05) is 19.8 Å².